The Morgan fingerprint density at radius 2 is 1.17 bits per heavy atom. The minimum absolute atomic E-state index is 0.224. The molecule has 4 aliphatic rings. The maximum absolute atomic E-state index is 12.8. The van der Waals surface area contributed by atoms with Crippen molar-refractivity contribution in [3.05, 3.63) is 48.1 Å². The molecular weight excluding hydrogens is 624 g/mol. The van der Waals surface area contributed by atoms with E-state index in [4.69, 9.17) is 9.68 Å². The molecule has 2 aromatic heterocycles. The maximum Gasteiger partial charge on any atom is 0.562 e. The van der Waals surface area contributed by atoms with Crippen molar-refractivity contribution >= 4 is 41.0 Å². The van der Waals surface area contributed by atoms with Crippen molar-refractivity contribution in [3.8, 4) is 0 Å². The summed E-state index contributed by atoms with van der Waals surface area (Å²) in [6.07, 6.45) is 10.00. The van der Waals surface area contributed by atoms with Crippen molar-refractivity contribution in [2.75, 3.05) is 26.2 Å². The zero-order chi connectivity index (χ0) is 34.5. The number of nitrogens with zero attached hydrogens (tertiary/aromatic N) is 10. The molecule has 6 rings (SSSR count). The van der Waals surface area contributed by atoms with E-state index < -0.39 is 30.3 Å². The van der Waals surface area contributed by atoms with E-state index in [-0.39, 0.29) is 23.9 Å². The van der Waals surface area contributed by atoms with Crippen LogP contribution < -0.4 is 0 Å². The second-order valence-electron chi connectivity index (χ2n) is 14.8. The molecule has 2 unspecified atom stereocenters. The SMILES string of the molecule is CC(C)(C)C/C(=N/OC(=O)O/N=C(\CC(C)(C)C)c1cnn(C2=CC3CN(C2)C(=O)N3O)c1)c1cnn(C2=CC3CN(C2)C(=O)N3O)c1. The zero-order valence-electron chi connectivity index (χ0n) is 27.8. The molecule has 4 amide bonds. The highest BCUT2D eigenvalue weighted by Gasteiger charge is 2.41. The van der Waals surface area contributed by atoms with Crippen LogP contribution in [0.4, 0.5) is 14.4 Å². The molecule has 2 atom stereocenters. The highest BCUT2D eigenvalue weighted by molar-refractivity contribution is 6.01. The number of aromatic nitrogens is 4. The van der Waals surface area contributed by atoms with E-state index in [1.165, 1.54) is 9.80 Å². The van der Waals surface area contributed by atoms with Crippen molar-refractivity contribution in [2.45, 2.75) is 66.5 Å². The van der Waals surface area contributed by atoms with Crippen LogP contribution in [0, 0.1) is 10.8 Å². The summed E-state index contributed by atoms with van der Waals surface area (Å²) in [5.74, 6) is 0. The molecule has 6 heterocycles. The largest absolute Gasteiger partial charge is 0.562 e. The molecule has 2 aromatic rings. The van der Waals surface area contributed by atoms with Crippen LogP contribution >= 0.6 is 0 Å². The van der Waals surface area contributed by atoms with Crippen LogP contribution in [0.5, 0.6) is 0 Å². The van der Waals surface area contributed by atoms with Crippen LogP contribution in [0.1, 0.15) is 65.5 Å². The van der Waals surface area contributed by atoms with E-state index in [9.17, 15) is 24.8 Å². The standard InChI is InChI=1S/C31H40N10O7/c1-30(2,3)9-25(19-11-32-38(13-19)21-7-23-17-36(15-21)27(42)40(23)45)34-47-29(44)48-35-26(10-31(4,5)6)20-12-33-39(14-20)22-8-24-18-37(16-22)28(43)41(24)46/h7-8,11-14,23-24,45-46H,9-10,15-18H2,1-6H3/b34-25-,35-26+. The minimum Gasteiger partial charge on any atom is -0.314 e. The van der Waals surface area contributed by atoms with Crippen LogP contribution in [0.3, 0.4) is 0 Å². The van der Waals surface area contributed by atoms with Crippen molar-refractivity contribution in [1.29, 1.82) is 0 Å². The van der Waals surface area contributed by atoms with E-state index in [2.05, 4.69) is 20.5 Å². The van der Waals surface area contributed by atoms with Gasteiger partial charge in [-0.3, -0.25) is 20.1 Å². The Balaban J connectivity index is 1.17. The summed E-state index contributed by atoms with van der Waals surface area (Å²) in [4.78, 5) is 50.5. The Morgan fingerprint density at radius 3 is 1.52 bits per heavy atom. The fourth-order valence-electron chi connectivity index (χ4n) is 5.92. The van der Waals surface area contributed by atoms with Gasteiger partial charge in [-0.05, 0) is 35.8 Å². The Kier molecular flexibility index (Phi) is 8.36. The molecule has 256 valence electrons. The molecule has 0 radical (unpaired) electrons. The lowest BCUT2D eigenvalue weighted by Gasteiger charge is -2.21. The number of hydrogen-bond acceptors (Lipinski definition) is 11. The Morgan fingerprint density at radius 1 is 0.771 bits per heavy atom. The molecule has 2 saturated heterocycles. The molecule has 17 nitrogen and oxygen atoms in total. The molecule has 17 heteroatoms. The summed E-state index contributed by atoms with van der Waals surface area (Å²) >= 11 is 0. The van der Waals surface area contributed by atoms with Gasteiger partial charge in [0, 0.05) is 36.6 Å². The second-order valence-corrected chi connectivity index (χ2v) is 14.8. The average Bonchev–Trinajstić information content (AvgIpc) is 3.79. The summed E-state index contributed by atoms with van der Waals surface area (Å²) < 4.78 is 3.23. The molecule has 0 aliphatic carbocycles. The summed E-state index contributed by atoms with van der Waals surface area (Å²) in [6, 6.07) is -1.82. The number of rotatable bonds is 8. The topological polar surface area (TPSA) is 183 Å². The van der Waals surface area contributed by atoms with Gasteiger partial charge in [-0.15, -0.1) is 0 Å². The van der Waals surface area contributed by atoms with E-state index in [1.54, 1.807) is 46.3 Å². The van der Waals surface area contributed by atoms with Gasteiger partial charge in [0.15, 0.2) is 0 Å². The number of carbonyl (C=O) groups is 3. The van der Waals surface area contributed by atoms with Gasteiger partial charge in [-0.1, -0.05) is 51.9 Å². The van der Waals surface area contributed by atoms with Crippen molar-refractivity contribution < 1.29 is 34.5 Å². The van der Waals surface area contributed by atoms with Gasteiger partial charge in [0.2, 0.25) is 0 Å². The van der Waals surface area contributed by atoms with Crippen molar-refractivity contribution in [2.24, 2.45) is 21.1 Å². The smallest absolute Gasteiger partial charge is 0.314 e. The van der Waals surface area contributed by atoms with Crippen LogP contribution in [0.2, 0.25) is 0 Å². The number of oxime groups is 2. The first kappa shape index (κ1) is 32.9. The highest BCUT2D eigenvalue weighted by Crippen LogP contribution is 2.28. The number of hydrogen-bond donors (Lipinski definition) is 2. The fraction of sp³-hybridized carbons (Fsp3) is 0.516. The number of urea groups is 2. The summed E-state index contributed by atoms with van der Waals surface area (Å²) in [5.41, 5.74) is 3.11. The van der Waals surface area contributed by atoms with E-state index in [1.807, 2.05) is 41.5 Å². The van der Waals surface area contributed by atoms with Crippen LogP contribution in [-0.4, -0.2) is 118 Å². The van der Waals surface area contributed by atoms with Gasteiger partial charge < -0.3 is 9.80 Å². The zero-order valence-corrected chi connectivity index (χ0v) is 27.8. The first-order chi connectivity index (χ1) is 22.5. The van der Waals surface area contributed by atoms with Gasteiger partial charge >= 0.3 is 18.2 Å². The van der Waals surface area contributed by atoms with Gasteiger partial charge in [-0.25, -0.2) is 19.0 Å². The summed E-state index contributed by atoms with van der Waals surface area (Å²) in [6.45, 7) is 13.5. The molecule has 48 heavy (non-hydrogen) atoms. The lowest BCUT2D eigenvalue weighted by Crippen LogP contribution is -2.31. The molecule has 4 bridgehead atoms. The molecule has 2 N–H and O–H groups in total. The summed E-state index contributed by atoms with van der Waals surface area (Å²) in [7, 11) is 0. The third-order valence-electron chi connectivity index (χ3n) is 8.13. The van der Waals surface area contributed by atoms with E-state index in [0.29, 0.717) is 58.6 Å². The number of fused-ring (bicyclic) bond motifs is 4. The first-order valence-corrected chi connectivity index (χ1v) is 15.6. The van der Waals surface area contributed by atoms with Crippen LogP contribution in [0.25, 0.3) is 11.4 Å². The third-order valence-corrected chi connectivity index (χ3v) is 8.13. The Labute approximate surface area is 276 Å². The van der Waals surface area contributed by atoms with Crippen molar-refractivity contribution in [3.63, 3.8) is 0 Å². The van der Waals surface area contributed by atoms with E-state index >= 15 is 0 Å². The molecule has 0 aromatic carbocycles. The number of hydroxylamine groups is 4. The number of carbonyl (C=O) groups excluding carboxylic acids is 3. The molecule has 0 saturated carbocycles. The van der Waals surface area contributed by atoms with Gasteiger partial charge in [-0.2, -0.15) is 25.1 Å². The predicted octanol–water partition coefficient (Wildman–Crippen LogP) is 3.91. The molecule has 0 spiro atoms. The average molecular weight is 665 g/mol. The Hall–Kier alpha value is -5.03. The fourth-order valence-corrected chi connectivity index (χ4v) is 5.92. The molecule has 4 aliphatic heterocycles. The lowest BCUT2D eigenvalue weighted by molar-refractivity contribution is -0.0450. The molecular formula is C31H40N10O7. The predicted molar refractivity (Wildman–Crippen MR) is 171 cm³/mol. The number of amides is 4. The lowest BCUT2D eigenvalue weighted by atomic mass is 9.88. The van der Waals surface area contributed by atoms with Crippen LogP contribution in [0.15, 0.2) is 47.3 Å². The van der Waals surface area contributed by atoms with Gasteiger partial charge in [0.1, 0.15) is 0 Å². The first-order valence-electron chi connectivity index (χ1n) is 15.6. The summed E-state index contributed by atoms with van der Waals surface area (Å²) in [5, 5.41) is 38.6. The third kappa shape index (κ3) is 6.96. The maximum atomic E-state index is 12.8. The molecule has 2 fully saturated rings. The van der Waals surface area contributed by atoms with Gasteiger partial charge in [0.25, 0.3) is 0 Å². The van der Waals surface area contributed by atoms with E-state index in [0.717, 1.165) is 11.4 Å². The highest BCUT2D eigenvalue weighted by atomic mass is 16.8. The monoisotopic (exact) mass is 664 g/mol. The van der Waals surface area contributed by atoms with Crippen molar-refractivity contribution in [1.82, 2.24) is 39.5 Å². The quantitative estimate of drug-likeness (QED) is 0.183. The van der Waals surface area contributed by atoms with Gasteiger partial charge in [0.05, 0.1) is 60.4 Å². The normalized spacial score (nSPS) is 21.7. The Bertz CT molecular complexity index is 1620. The van der Waals surface area contributed by atoms with Crippen LogP contribution in [-0.2, 0) is 9.68 Å². The minimum atomic E-state index is -1.13. The second kappa shape index (κ2) is 12.2.